The summed E-state index contributed by atoms with van der Waals surface area (Å²) in [7, 11) is 0. The Morgan fingerprint density at radius 2 is 2.38 bits per heavy atom. The van der Waals surface area contributed by atoms with Gasteiger partial charge in [-0.1, -0.05) is 16.9 Å². The van der Waals surface area contributed by atoms with Crippen molar-refractivity contribution in [2.24, 2.45) is 0 Å². The fourth-order valence-corrected chi connectivity index (χ4v) is 2.67. The van der Waals surface area contributed by atoms with Gasteiger partial charge in [-0.15, -0.1) is 0 Å². The van der Waals surface area contributed by atoms with E-state index in [0.29, 0.717) is 17.3 Å². The molecule has 0 bridgehead atoms. The van der Waals surface area contributed by atoms with Crippen LogP contribution in [0.15, 0.2) is 34.3 Å². The van der Waals surface area contributed by atoms with Crippen LogP contribution in [0.3, 0.4) is 0 Å². The summed E-state index contributed by atoms with van der Waals surface area (Å²) < 4.78 is 6.67. The van der Waals surface area contributed by atoms with Crippen LogP contribution in [-0.2, 0) is 11.3 Å². The Kier molecular flexibility index (Phi) is 3.61. The molecule has 0 aliphatic carbocycles. The molecular formula is C13H12N4O3S. The summed E-state index contributed by atoms with van der Waals surface area (Å²) in [6.45, 7) is 2.37. The van der Waals surface area contributed by atoms with Gasteiger partial charge in [-0.3, -0.25) is 9.36 Å². The first-order valence-electron chi connectivity index (χ1n) is 6.20. The summed E-state index contributed by atoms with van der Waals surface area (Å²) in [5.74, 6) is -0.939. The van der Waals surface area contributed by atoms with Crippen molar-refractivity contribution in [1.29, 1.82) is 0 Å². The molecule has 3 aromatic heterocycles. The number of hydrogen-bond donors (Lipinski definition) is 1. The van der Waals surface area contributed by atoms with Crippen molar-refractivity contribution in [3.8, 4) is 0 Å². The second-order valence-corrected chi connectivity index (χ2v) is 5.45. The molecule has 1 N–H and O–H groups in total. The number of aryl methyl sites for hydroxylation is 1. The maximum absolute atomic E-state index is 10.8. The Morgan fingerprint density at radius 1 is 1.52 bits per heavy atom. The fourth-order valence-electron chi connectivity index (χ4n) is 1.95. The summed E-state index contributed by atoms with van der Waals surface area (Å²) in [6, 6.07) is 3.68. The van der Waals surface area contributed by atoms with Gasteiger partial charge in [0.1, 0.15) is 17.5 Å². The summed E-state index contributed by atoms with van der Waals surface area (Å²) >= 11 is 1.16. The number of pyridine rings is 1. The smallest absolute Gasteiger partial charge is 0.313 e. The number of carbonyl (C=O) groups is 1. The van der Waals surface area contributed by atoms with Crippen LogP contribution in [0.1, 0.15) is 11.3 Å². The standard InChI is InChI=1S/C13H12N4O3S/c1-8-4-10-12(14-5-8)17(6-9-2-3-20-16-9)13(15-10)21-7-11(18)19/h2-5H,6-7H2,1H3,(H,18,19). The van der Waals surface area contributed by atoms with E-state index in [2.05, 4.69) is 15.1 Å². The maximum Gasteiger partial charge on any atom is 0.313 e. The van der Waals surface area contributed by atoms with E-state index in [-0.39, 0.29) is 5.75 Å². The van der Waals surface area contributed by atoms with Gasteiger partial charge in [-0.05, 0) is 18.6 Å². The number of carboxylic acid groups (broad SMARTS) is 1. The van der Waals surface area contributed by atoms with Crippen LogP contribution in [0.4, 0.5) is 0 Å². The topological polar surface area (TPSA) is 94.0 Å². The highest BCUT2D eigenvalue weighted by atomic mass is 32.2. The number of nitrogens with zero attached hydrogens (tertiary/aromatic N) is 4. The molecule has 0 radical (unpaired) electrons. The monoisotopic (exact) mass is 304 g/mol. The summed E-state index contributed by atoms with van der Waals surface area (Å²) in [5.41, 5.74) is 3.18. The number of thioether (sulfide) groups is 1. The predicted octanol–water partition coefficient (Wildman–Crippen LogP) is 1.95. The van der Waals surface area contributed by atoms with Gasteiger partial charge in [0.15, 0.2) is 10.8 Å². The van der Waals surface area contributed by atoms with E-state index in [4.69, 9.17) is 9.63 Å². The zero-order chi connectivity index (χ0) is 14.8. The number of carboxylic acids is 1. The quantitative estimate of drug-likeness (QED) is 0.720. The summed E-state index contributed by atoms with van der Waals surface area (Å²) in [4.78, 5) is 19.6. The lowest BCUT2D eigenvalue weighted by Gasteiger charge is -2.05. The normalized spacial score (nSPS) is 11.1. The van der Waals surface area contributed by atoms with Crippen molar-refractivity contribution in [2.45, 2.75) is 18.6 Å². The molecule has 21 heavy (non-hydrogen) atoms. The average Bonchev–Trinajstić information content (AvgIpc) is 3.05. The molecule has 0 aliphatic heterocycles. The SMILES string of the molecule is Cc1cnc2c(c1)nc(SCC(=O)O)n2Cc1ccon1. The number of aliphatic carboxylic acids is 1. The lowest BCUT2D eigenvalue weighted by molar-refractivity contribution is -0.133. The van der Waals surface area contributed by atoms with Crippen LogP contribution in [0.2, 0.25) is 0 Å². The molecule has 0 atom stereocenters. The van der Waals surface area contributed by atoms with Gasteiger partial charge in [-0.2, -0.15) is 0 Å². The predicted molar refractivity (Wildman–Crippen MR) is 76.2 cm³/mol. The minimum Gasteiger partial charge on any atom is -0.481 e. The van der Waals surface area contributed by atoms with Crippen LogP contribution < -0.4 is 0 Å². The molecule has 0 aromatic carbocycles. The van der Waals surface area contributed by atoms with E-state index in [9.17, 15) is 4.79 Å². The number of hydrogen-bond acceptors (Lipinski definition) is 6. The zero-order valence-corrected chi connectivity index (χ0v) is 12.0. The summed E-state index contributed by atoms with van der Waals surface area (Å²) in [5, 5.41) is 13.3. The minimum absolute atomic E-state index is 0.0544. The average molecular weight is 304 g/mol. The molecule has 8 heteroatoms. The van der Waals surface area contributed by atoms with Crippen molar-refractivity contribution in [3.05, 3.63) is 35.9 Å². The van der Waals surface area contributed by atoms with Crippen molar-refractivity contribution >= 4 is 28.9 Å². The van der Waals surface area contributed by atoms with Gasteiger partial charge in [-0.25, -0.2) is 9.97 Å². The van der Waals surface area contributed by atoms with Crippen molar-refractivity contribution in [1.82, 2.24) is 19.7 Å². The molecule has 3 aromatic rings. The van der Waals surface area contributed by atoms with E-state index in [1.807, 2.05) is 17.6 Å². The van der Waals surface area contributed by atoms with Crippen LogP contribution >= 0.6 is 11.8 Å². The third kappa shape index (κ3) is 2.89. The zero-order valence-electron chi connectivity index (χ0n) is 11.2. The van der Waals surface area contributed by atoms with Crippen molar-refractivity contribution in [2.75, 3.05) is 5.75 Å². The molecule has 0 spiro atoms. The second-order valence-electron chi connectivity index (χ2n) is 4.51. The van der Waals surface area contributed by atoms with Gasteiger partial charge in [0.2, 0.25) is 0 Å². The Morgan fingerprint density at radius 3 is 3.10 bits per heavy atom. The molecule has 0 unspecified atom stereocenters. The highest BCUT2D eigenvalue weighted by Crippen LogP contribution is 2.24. The first-order valence-corrected chi connectivity index (χ1v) is 7.19. The second kappa shape index (κ2) is 5.57. The molecule has 0 amide bonds. The number of fused-ring (bicyclic) bond motifs is 1. The highest BCUT2D eigenvalue weighted by molar-refractivity contribution is 7.99. The van der Waals surface area contributed by atoms with E-state index < -0.39 is 5.97 Å². The van der Waals surface area contributed by atoms with Crippen LogP contribution in [-0.4, -0.2) is 36.5 Å². The van der Waals surface area contributed by atoms with Gasteiger partial charge < -0.3 is 9.63 Å². The van der Waals surface area contributed by atoms with E-state index in [1.54, 1.807) is 12.3 Å². The Hall–Kier alpha value is -2.35. The Labute approximate surface area is 124 Å². The molecule has 3 rings (SSSR count). The maximum atomic E-state index is 10.8. The number of aromatic nitrogens is 4. The molecular weight excluding hydrogens is 292 g/mol. The van der Waals surface area contributed by atoms with Crippen LogP contribution in [0.5, 0.6) is 0 Å². The van der Waals surface area contributed by atoms with Crippen LogP contribution in [0, 0.1) is 6.92 Å². The van der Waals surface area contributed by atoms with Crippen molar-refractivity contribution in [3.63, 3.8) is 0 Å². The molecule has 3 heterocycles. The molecule has 0 saturated carbocycles. The molecule has 0 aliphatic rings. The van der Waals surface area contributed by atoms with E-state index >= 15 is 0 Å². The molecule has 0 fully saturated rings. The first-order chi connectivity index (χ1) is 10.1. The fraction of sp³-hybridized carbons (Fsp3) is 0.231. The van der Waals surface area contributed by atoms with Gasteiger partial charge in [0.25, 0.3) is 0 Å². The number of imidazole rings is 1. The minimum atomic E-state index is -0.885. The molecule has 7 nitrogen and oxygen atoms in total. The lowest BCUT2D eigenvalue weighted by Crippen LogP contribution is -2.05. The molecule has 0 saturated heterocycles. The van der Waals surface area contributed by atoms with Gasteiger partial charge in [0.05, 0.1) is 12.3 Å². The summed E-state index contributed by atoms with van der Waals surface area (Å²) in [6.07, 6.45) is 3.26. The van der Waals surface area contributed by atoms with E-state index in [1.165, 1.54) is 6.26 Å². The largest absolute Gasteiger partial charge is 0.481 e. The van der Waals surface area contributed by atoms with Gasteiger partial charge >= 0.3 is 5.97 Å². The van der Waals surface area contributed by atoms with E-state index in [0.717, 1.165) is 28.5 Å². The Balaban J connectivity index is 2.03. The lowest BCUT2D eigenvalue weighted by atomic mass is 10.3. The number of rotatable bonds is 5. The molecule has 108 valence electrons. The third-order valence-corrected chi connectivity index (χ3v) is 3.78. The van der Waals surface area contributed by atoms with Crippen LogP contribution in [0.25, 0.3) is 11.2 Å². The van der Waals surface area contributed by atoms with Gasteiger partial charge in [0, 0.05) is 12.3 Å². The third-order valence-electron chi connectivity index (χ3n) is 2.82. The highest BCUT2D eigenvalue weighted by Gasteiger charge is 2.15. The Bertz CT molecular complexity index is 782. The first kappa shape index (κ1) is 13.6. The van der Waals surface area contributed by atoms with Crippen molar-refractivity contribution < 1.29 is 14.4 Å².